The second-order valence-electron chi connectivity index (χ2n) is 5.74. The van der Waals surface area contributed by atoms with Crippen LogP contribution in [0.25, 0.3) is 10.8 Å². The minimum Gasteiger partial charge on any atom is -0.492 e. The topological polar surface area (TPSA) is 73.2 Å². The van der Waals surface area contributed by atoms with Gasteiger partial charge in [-0.25, -0.2) is 4.68 Å². The van der Waals surface area contributed by atoms with Gasteiger partial charge in [-0.05, 0) is 25.1 Å². The minimum atomic E-state index is -0.334. The molecule has 3 rings (SSSR count). The van der Waals surface area contributed by atoms with E-state index in [4.69, 9.17) is 4.74 Å². The van der Waals surface area contributed by atoms with E-state index in [2.05, 4.69) is 10.4 Å². The van der Waals surface area contributed by atoms with E-state index in [1.165, 1.54) is 11.7 Å². The van der Waals surface area contributed by atoms with Crippen molar-refractivity contribution in [2.24, 2.45) is 7.05 Å². The van der Waals surface area contributed by atoms with Gasteiger partial charge < -0.3 is 10.1 Å². The van der Waals surface area contributed by atoms with Gasteiger partial charge in [0.05, 0.1) is 11.9 Å². The standard InChI is InChI=1S/C19H19N3O3/c1-13-7-9-14(10-8-13)25-12-11-20-18(23)17-15-5-3-4-6-16(15)19(24)22(2)21-17/h3-10H,11-12H2,1-2H3,(H,20,23). The lowest BCUT2D eigenvalue weighted by Gasteiger charge is -2.10. The molecule has 0 spiro atoms. The first-order chi connectivity index (χ1) is 12.1. The molecule has 1 heterocycles. The molecule has 0 aliphatic heterocycles. The Kier molecular flexibility index (Phi) is 4.79. The van der Waals surface area contributed by atoms with Crippen molar-refractivity contribution >= 4 is 16.7 Å². The monoisotopic (exact) mass is 337 g/mol. The quantitative estimate of drug-likeness (QED) is 0.723. The lowest BCUT2D eigenvalue weighted by molar-refractivity contribution is 0.0941. The van der Waals surface area contributed by atoms with E-state index in [9.17, 15) is 9.59 Å². The molecule has 25 heavy (non-hydrogen) atoms. The zero-order valence-corrected chi connectivity index (χ0v) is 14.2. The Hall–Kier alpha value is -3.15. The van der Waals surface area contributed by atoms with Gasteiger partial charge >= 0.3 is 0 Å². The molecule has 0 unspecified atom stereocenters. The van der Waals surface area contributed by atoms with Crippen LogP contribution in [0.4, 0.5) is 0 Å². The molecular weight excluding hydrogens is 318 g/mol. The van der Waals surface area contributed by atoms with E-state index in [0.717, 1.165) is 11.3 Å². The summed E-state index contributed by atoms with van der Waals surface area (Å²) in [6.45, 7) is 2.69. The number of hydrogen-bond donors (Lipinski definition) is 1. The molecular formula is C19H19N3O3. The molecule has 0 bridgehead atoms. The molecule has 6 nitrogen and oxygen atoms in total. The Labute approximate surface area is 145 Å². The fourth-order valence-electron chi connectivity index (χ4n) is 2.52. The van der Waals surface area contributed by atoms with Crippen molar-refractivity contribution in [3.8, 4) is 5.75 Å². The highest BCUT2D eigenvalue weighted by atomic mass is 16.5. The number of ether oxygens (including phenoxy) is 1. The van der Waals surface area contributed by atoms with Crippen molar-refractivity contribution in [3.63, 3.8) is 0 Å². The molecule has 0 aliphatic rings. The van der Waals surface area contributed by atoms with E-state index in [-0.39, 0.29) is 17.2 Å². The first-order valence-electron chi connectivity index (χ1n) is 8.00. The second kappa shape index (κ2) is 7.17. The number of nitrogens with zero attached hydrogens (tertiary/aromatic N) is 2. The fourth-order valence-corrected chi connectivity index (χ4v) is 2.52. The summed E-state index contributed by atoms with van der Waals surface area (Å²) in [4.78, 5) is 24.5. The van der Waals surface area contributed by atoms with Crippen LogP contribution in [0.5, 0.6) is 5.75 Å². The molecule has 0 saturated heterocycles. The van der Waals surface area contributed by atoms with Gasteiger partial charge in [-0.15, -0.1) is 0 Å². The van der Waals surface area contributed by atoms with Gasteiger partial charge in [0.15, 0.2) is 5.69 Å². The van der Waals surface area contributed by atoms with Crippen LogP contribution in [-0.4, -0.2) is 28.8 Å². The molecule has 6 heteroatoms. The van der Waals surface area contributed by atoms with Gasteiger partial charge in [0.1, 0.15) is 12.4 Å². The van der Waals surface area contributed by atoms with E-state index in [0.29, 0.717) is 23.9 Å². The molecule has 0 atom stereocenters. The number of carbonyl (C=O) groups excluding carboxylic acids is 1. The van der Waals surface area contributed by atoms with Crippen molar-refractivity contribution in [2.45, 2.75) is 6.92 Å². The van der Waals surface area contributed by atoms with Crippen LogP contribution in [0, 0.1) is 6.92 Å². The Morgan fingerprint density at radius 3 is 2.52 bits per heavy atom. The largest absolute Gasteiger partial charge is 0.492 e. The van der Waals surface area contributed by atoms with Crippen LogP contribution in [0.2, 0.25) is 0 Å². The molecule has 0 radical (unpaired) electrons. The maximum atomic E-state index is 12.4. The zero-order valence-electron chi connectivity index (χ0n) is 14.2. The molecule has 1 amide bonds. The van der Waals surface area contributed by atoms with Crippen molar-refractivity contribution in [3.05, 3.63) is 70.1 Å². The third kappa shape index (κ3) is 3.68. The highest BCUT2D eigenvalue weighted by Crippen LogP contribution is 2.13. The summed E-state index contributed by atoms with van der Waals surface area (Å²) >= 11 is 0. The smallest absolute Gasteiger partial charge is 0.274 e. The summed E-state index contributed by atoms with van der Waals surface area (Å²) in [5, 5.41) is 7.89. The summed E-state index contributed by atoms with van der Waals surface area (Å²) in [6, 6.07) is 14.7. The number of rotatable bonds is 5. The summed E-state index contributed by atoms with van der Waals surface area (Å²) < 4.78 is 6.77. The van der Waals surface area contributed by atoms with E-state index in [1.54, 1.807) is 24.3 Å². The highest BCUT2D eigenvalue weighted by molar-refractivity contribution is 6.04. The van der Waals surface area contributed by atoms with Crippen LogP contribution >= 0.6 is 0 Å². The minimum absolute atomic E-state index is 0.227. The Bertz CT molecular complexity index is 962. The van der Waals surface area contributed by atoms with Gasteiger partial charge in [0.2, 0.25) is 0 Å². The second-order valence-corrected chi connectivity index (χ2v) is 5.74. The first-order valence-corrected chi connectivity index (χ1v) is 8.00. The van der Waals surface area contributed by atoms with Gasteiger partial charge in [0, 0.05) is 12.4 Å². The molecule has 2 aromatic carbocycles. The highest BCUT2D eigenvalue weighted by Gasteiger charge is 2.14. The van der Waals surface area contributed by atoms with Crippen molar-refractivity contribution in [1.82, 2.24) is 15.1 Å². The number of amides is 1. The molecule has 128 valence electrons. The number of nitrogens with one attached hydrogen (secondary N) is 1. The van der Waals surface area contributed by atoms with Crippen molar-refractivity contribution in [2.75, 3.05) is 13.2 Å². The van der Waals surface area contributed by atoms with Crippen LogP contribution in [0.15, 0.2) is 53.3 Å². The Balaban J connectivity index is 1.67. The SMILES string of the molecule is Cc1ccc(OCCNC(=O)c2nn(C)c(=O)c3ccccc23)cc1. The average molecular weight is 337 g/mol. The fraction of sp³-hybridized carbons (Fsp3) is 0.211. The Morgan fingerprint density at radius 2 is 1.80 bits per heavy atom. The molecule has 1 aromatic heterocycles. The molecule has 1 N–H and O–H groups in total. The first kappa shape index (κ1) is 16.7. The van der Waals surface area contributed by atoms with E-state index >= 15 is 0 Å². The average Bonchev–Trinajstić information content (AvgIpc) is 2.63. The molecule has 0 fully saturated rings. The molecule has 0 aliphatic carbocycles. The summed E-state index contributed by atoms with van der Waals surface area (Å²) in [5.74, 6) is 0.421. The molecule has 3 aromatic rings. The Morgan fingerprint density at radius 1 is 1.12 bits per heavy atom. The van der Waals surface area contributed by atoms with Crippen molar-refractivity contribution in [1.29, 1.82) is 0 Å². The van der Waals surface area contributed by atoms with Crippen LogP contribution < -0.4 is 15.6 Å². The van der Waals surface area contributed by atoms with Crippen LogP contribution in [0.1, 0.15) is 16.1 Å². The van der Waals surface area contributed by atoms with E-state index in [1.807, 2.05) is 31.2 Å². The predicted octanol–water partition coefficient (Wildman–Crippen LogP) is 2.05. The third-order valence-corrected chi connectivity index (χ3v) is 3.85. The zero-order chi connectivity index (χ0) is 17.8. The summed E-state index contributed by atoms with van der Waals surface area (Å²) in [7, 11) is 1.53. The normalized spacial score (nSPS) is 10.6. The summed E-state index contributed by atoms with van der Waals surface area (Å²) in [5.41, 5.74) is 1.16. The maximum absolute atomic E-state index is 12.4. The summed E-state index contributed by atoms with van der Waals surface area (Å²) in [6.07, 6.45) is 0. The number of aryl methyl sites for hydroxylation is 2. The third-order valence-electron chi connectivity index (χ3n) is 3.85. The van der Waals surface area contributed by atoms with Gasteiger partial charge in [-0.1, -0.05) is 35.9 Å². The predicted molar refractivity (Wildman–Crippen MR) is 96.0 cm³/mol. The van der Waals surface area contributed by atoms with E-state index < -0.39 is 0 Å². The number of aromatic nitrogens is 2. The van der Waals surface area contributed by atoms with Crippen LogP contribution in [-0.2, 0) is 7.05 Å². The lowest BCUT2D eigenvalue weighted by Crippen LogP contribution is -2.32. The van der Waals surface area contributed by atoms with Gasteiger partial charge in [-0.2, -0.15) is 5.10 Å². The molecule has 0 saturated carbocycles. The van der Waals surface area contributed by atoms with Gasteiger partial charge in [-0.3, -0.25) is 9.59 Å². The number of benzene rings is 2. The van der Waals surface area contributed by atoms with Crippen LogP contribution in [0.3, 0.4) is 0 Å². The number of carbonyl (C=O) groups is 1. The maximum Gasteiger partial charge on any atom is 0.274 e. The van der Waals surface area contributed by atoms with Crippen molar-refractivity contribution < 1.29 is 9.53 Å². The number of hydrogen-bond acceptors (Lipinski definition) is 4. The van der Waals surface area contributed by atoms with Gasteiger partial charge in [0.25, 0.3) is 11.5 Å². The number of fused-ring (bicyclic) bond motifs is 1. The lowest BCUT2D eigenvalue weighted by atomic mass is 10.1.